The van der Waals surface area contributed by atoms with Gasteiger partial charge >= 0.3 is 43.8 Å². The molecule has 34 valence electrons. The molecule has 0 rings (SSSR count). The van der Waals surface area contributed by atoms with Gasteiger partial charge in [0.25, 0.3) is 0 Å². The second-order valence-electron chi connectivity index (χ2n) is 0.449. The molecule has 0 aliphatic rings. The normalized spacial score (nSPS) is 5.50. The molecule has 1 amide bonds. The van der Waals surface area contributed by atoms with Crippen LogP contribution in [-0.2, 0) is 0 Å². The molecule has 0 spiro atoms. The molecule has 0 atom stereocenters. The fourth-order valence-corrected chi connectivity index (χ4v) is 0. The van der Waals surface area contributed by atoms with E-state index in [0.717, 1.165) is 0 Å². The van der Waals surface area contributed by atoms with E-state index in [2.05, 4.69) is 5.84 Å². The van der Waals surface area contributed by atoms with Gasteiger partial charge in [-0.15, -0.1) is 0 Å². The van der Waals surface area contributed by atoms with E-state index in [1.165, 1.54) is 5.43 Å². The molecule has 4 nitrogen and oxygen atoms in total. The van der Waals surface area contributed by atoms with Crippen molar-refractivity contribution < 1.29 is 9.90 Å². The van der Waals surface area contributed by atoms with E-state index in [0.29, 0.717) is 0 Å². The van der Waals surface area contributed by atoms with Crippen LogP contribution in [0.3, 0.4) is 0 Å². The molecule has 0 aliphatic heterocycles. The minimum atomic E-state index is -1.22. The van der Waals surface area contributed by atoms with Crippen molar-refractivity contribution in [2.45, 2.75) is 0 Å². The summed E-state index contributed by atoms with van der Waals surface area (Å²) in [7, 11) is 0. The van der Waals surface area contributed by atoms with Crippen LogP contribution in [0, 0.1) is 0 Å². The third-order valence-corrected chi connectivity index (χ3v) is 0.123. The number of hydrogen-bond acceptors (Lipinski definition) is 2. The van der Waals surface area contributed by atoms with Gasteiger partial charge in [0.2, 0.25) is 0 Å². The van der Waals surface area contributed by atoms with Gasteiger partial charge in [-0.3, -0.25) is 5.43 Å². The molecule has 0 radical (unpaired) electrons. The number of hydrogen-bond donors (Lipinski definition) is 3. The molecule has 6 heavy (non-hydrogen) atoms. The van der Waals surface area contributed by atoms with Gasteiger partial charge in [-0.1, -0.05) is 0 Å². The summed E-state index contributed by atoms with van der Waals surface area (Å²) in [5, 5.41) is 7.49. The van der Waals surface area contributed by atoms with Crippen LogP contribution >= 0.6 is 0 Å². The predicted molar refractivity (Wildman–Crippen MR) is 23.9 cm³/mol. The molecule has 0 saturated heterocycles. The van der Waals surface area contributed by atoms with Crippen LogP contribution < -0.4 is 11.3 Å². The average Bonchev–Trinajstić information content (AvgIpc) is 1.38. The second kappa shape index (κ2) is 5.49. The van der Waals surface area contributed by atoms with E-state index in [1.807, 2.05) is 0 Å². The molecule has 0 heterocycles. The first-order valence-corrected chi connectivity index (χ1v) is 0.966. The van der Waals surface area contributed by atoms with Crippen molar-refractivity contribution in [3.8, 4) is 0 Å². The second-order valence-corrected chi connectivity index (χ2v) is 0.449. The Bertz CT molecular complexity index is 46.8. The van der Waals surface area contributed by atoms with Gasteiger partial charge in [-0.2, -0.15) is 0 Å². The molecular weight excluding hydrogens is 112 g/mol. The summed E-state index contributed by atoms with van der Waals surface area (Å²) in [5.41, 5.74) is 1.44. The van der Waals surface area contributed by atoms with E-state index < -0.39 is 6.09 Å². The quantitative estimate of drug-likeness (QED) is 0.152. The molecule has 4 N–H and O–H groups in total. The van der Waals surface area contributed by atoms with Crippen LogP contribution in [0.1, 0.15) is 0 Å². The summed E-state index contributed by atoms with van der Waals surface area (Å²) in [5.74, 6) is 4.32. The summed E-state index contributed by atoms with van der Waals surface area (Å²) < 4.78 is 0. The Hall–Kier alpha value is 0.490. The van der Waals surface area contributed by atoms with Crippen molar-refractivity contribution in [2.75, 3.05) is 0 Å². The van der Waals surface area contributed by atoms with Gasteiger partial charge in [-0.05, 0) is 0 Å². The topological polar surface area (TPSA) is 75.3 Å². The number of amides is 1. The standard InChI is InChI=1S/CH4N2O2.Ca.2H/c2-3-1(4)5;;;/h3H,2H2,(H,4,5);;;. The fraction of sp³-hybridized carbons (Fsp3) is 0. The SMILES string of the molecule is NNC(=O)O.[CaH2]. The third kappa shape index (κ3) is 8.82. The van der Waals surface area contributed by atoms with Crippen molar-refractivity contribution in [2.24, 2.45) is 5.84 Å². The van der Waals surface area contributed by atoms with Gasteiger partial charge < -0.3 is 5.11 Å². The van der Waals surface area contributed by atoms with Gasteiger partial charge in [0.05, 0.1) is 0 Å². The summed E-state index contributed by atoms with van der Waals surface area (Å²) in [6.45, 7) is 0. The molecule has 0 aromatic rings. The zero-order chi connectivity index (χ0) is 4.28. The zero-order valence-electron chi connectivity index (χ0n) is 2.43. The molecule has 0 bridgehead atoms. The average molecular weight is 118 g/mol. The van der Waals surface area contributed by atoms with E-state index in [9.17, 15) is 0 Å². The minimum absolute atomic E-state index is 0. The van der Waals surface area contributed by atoms with Crippen molar-refractivity contribution in [1.82, 2.24) is 5.43 Å². The first kappa shape index (κ1) is 9.70. The number of nitrogens with one attached hydrogen (secondary N) is 1. The monoisotopic (exact) mass is 118 g/mol. The molecule has 5 heteroatoms. The molecule has 0 fully saturated rings. The number of carboxylic acid groups (broad SMARTS) is 1. The number of rotatable bonds is 0. The first-order valence-electron chi connectivity index (χ1n) is 0.966. The van der Waals surface area contributed by atoms with Crippen molar-refractivity contribution in [3.05, 3.63) is 0 Å². The Labute approximate surface area is 64.7 Å². The zero-order valence-corrected chi connectivity index (χ0v) is 2.43. The van der Waals surface area contributed by atoms with Crippen molar-refractivity contribution in [1.29, 1.82) is 0 Å². The van der Waals surface area contributed by atoms with E-state index in [4.69, 9.17) is 9.90 Å². The van der Waals surface area contributed by atoms with Crippen LogP contribution in [0.2, 0.25) is 0 Å². The molecule has 0 unspecified atom stereocenters. The van der Waals surface area contributed by atoms with Gasteiger partial charge in [0.15, 0.2) is 0 Å². The summed E-state index contributed by atoms with van der Waals surface area (Å²) in [6.07, 6.45) is -1.22. The van der Waals surface area contributed by atoms with Gasteiger partial charge in [0, 0.05) is 0 Å². The maximum absolute atomic E-state index is 9.13. The maximum atomic E-state index is 9.13. The molecule has 0 aromatic carbocycles. The molecular formula is CH6CaN2O2. The Morgan fingerprint density at radius 2 is 2.00 bits per heavy atom. The Morgan fingerprint density at radius 1 is 1.83 bits per heavy atom. The molecule has 0 saturated carbocycles. The Balaban J connectivity index is 0. The molecule has 0 aromatic heterocycles. The van der Waals surface area contributed by atoms with E-state index in [-0.39, 0.29) is 37.7 Å². The van der Waals surface area contributed by atoms with E-state index in [1.54, 1.807) is 0 Å². The van der Waals surface area contributed by atoms with Gasteiger partial charge in [0.1, 0.15) is 0 Å². The van der Waals surface area contributed by atoms with Crippen molar-refractivity contribution in [3.63, 3.8) is 0 Å². The third-order valence-electron chi connectivity index (χ3n) is 0.123. The predicted octanol–water partition coefficient (Wildman–Crippen LogP) is -1.79. The van der Waals surface area contributed by atoms with Gasteiger partial charge in [-0.25, -0.2) is 10.6 Å². The number of carbonyl (C=O) groups is 1. The number of hydrazine groups is 1. The summed E-state index contributed by atoms with van der Waals surface area (Å²) >= 11 is 0. The number of nitrogens with two attached hydrogens (primary N) is 1. The van der Waals surface area contributed by atoms with Crippen LogP contribution in [0.15, 0.2) is 0 Å². The van der Waals surface area contributed by atoms with E-state index >= 15 is 0 Å². The summed E-state index contributed by atoms with van der Waals surface area (Å²) in [6, 6.07) is 0. The van der Waals surface area contributed by atoms with Crippen LogP contribution in [-0.4, -0.2) is 48.9 Å². The van der Waals surface area contributed by atoms with Crippen molar-refractivity contribution >= 4 is 43.8 Å². The fourth-order valence-electron chi connectivity index (χ4n) is 0. The molecule has 0 aliphatic carbocycles. The summed E-state index contributed by atoms with van der Waals surface area (Å²) in [4.78, 5) is 9.13. The van der Waals surface area contributed by atoms with Crippen LogP contribution in [0.25, 0.3) is 0 Å². The Kier molecular flexibility index (Phi) is 8.88. The first-order chi connectivity index (χ1) is 2.27. The van der Waals surface area contributed by atoms with Crippen LogP contribution in [0.5, 0.6) is 0 Å². The Morgan fingerprint density at radius 3 is 2.00 bits per heavy atom. The van der Waals surface area contributed by atoms with Crippen LogP contribution in [0.4, 0.5) is 4.79 Å².